The molecular formula is C13H15BrN2O5. The first-order valence-electron chi connectivity index (χ1n) is 6.24. The fourth-order valence-corrected chi connectivity index (χ4v) is 2.41. The van der Waals surface area contributed by atoms with E-state index in [2.05, 4.69) is 32.5 Å². The van der Waals surface area contributed by atoms with Crippen molar-refractivity contribution >= 4 is 21.9 Å². The molecule has 2 heterocycles. The summed E-state index contributed by atoms with van der Waals surface area (Å²) in [6.07, 6.45) is 0.469. The van der Waals surface area contributed by atoms with Crippen LogP contribution in [0.2, 0.25) is 0 Å². The van der Waals surface area contributed by atoms with Gasteiger partial charge >= 0.3 is 12.0 Å². The molecule has 1 fully saturated rings. The summed E-state index contributed by atoms with van der Waals surface area (Å²) in [5, 5.41) is 0. The van der Waals surface area contributed by atoms with Gasteiger partial charge in [-0.25, -0.2) is 0 Å². The number of ether oxygens (including phenoxy) is 4. The Hall–Kier alpha value is -1.83. The molecule has 1 aliphatic rings. The van der Waals surface area contributed by atoms with Gasteiger partial charge in [0, 0.05) is 0 Å². The van der Waals surface area contributed by atoms with Crippen molar-refractivity contribution in [3.63, 3.8) is 0 Å². The summed E-state index contributed by atoms with van der Waals surface area (Å²) in [6.45, 7) is 5.67. The average Bonchev–Trinajstić information content (AvgIpc) is 2.45. The highest BCUT2D eigenvalue weighted by atomic mass is 79.9. The monoisotopic (exact) mass is 358 g/mol. The van der Waals surface area contributed by atoms with Gasteiger partial charge in [0.25, 0.3) is 0 Å². The van der Waals surface area contributed by atoms with Crippen LogP contribution in [0.1, 0.15) is 13.3 Å². The van der Waals surface area contributed by atoms with Gasteiger partial charge in [-0.15, -0.1) is 0 Å². The second kappa shape index (κ2) is 6.30. The van der Waals surface area contributed by atoms with Crippen LogP contribution in [-0.2, 0) is 9.53 Å². The summed E-state index contributed by atoms with van der Waals surface area (Å²) in [6, 6.07) is -0.00791. The number of carbonyl (C=O) groups excluding carboxylic acids is 1. The molecule has 0 amide bonds. The molecule has 0 aromatic carbocycles. The maximum Gasteiger partial charge on any atom is 0.328 e. The first-order valence-corrected chi connectivity index (χ1v) is 7.03. The van der Waals surface area contributed by atoms with Gasteiger partial charge in [-0.2, -0.15) is 9.97 Å². The Morgan fingerprint density at radius 3 is 2.33 bits per heavy atom. The van der Waals surface area contributed by atoms with Gasteiger partial charge in [0.2, 0.25) is 11.8 Å². The van der Waals surface area contributed by atoms with Crippen LogP contribution in [0.3, 0.4) is 0 Å². The van der Waals surface area contributed by atoms with E-state index in [0.29, 0.717) is 10.9 Å². The molecule has 21 heavy (non-hydrogen) atoms. The highest BCUT2D eigenvalue weighted by molar-refractivity contribution is 9.10. The summed E-state index contributed by atoms with van der Waals surface area (Å²) >= 11 is 3.26. The van der Waals surface area contributed by atoms with Crippen LogP contribution < -0.4 is 14.2 Å². The molecule has 2 rings (SSSR count). The standard InChI is InChI=1S/C13H15BrN2O5/c1-5-7-8(12(17)21-7)6(2)20-13-15-10(18-3)9(14)11(16-13)19-4/h7-8H,2,5H2,1,3-4H3. The van der Waals surface area contributed by atoms with Crippen LogP contribution >= 0.6 is 15.9 Å². The second-order valence-corrected chi connectivity index (χ2v) is 5.06. The van der Waals surface area contributed by atoms with Gasteiger partial charge in [-0.05, 0) is 22.4 Å². The largest absolute Gasteiger partial charge is 0.480 e. The zero-order valence-corrected chi connectivity index (χ0v) is 13.5. The molecule has 1 saturated heterocycles. The molecule has 1 aromatic heterocycles. The van der Waals surface area contributed by atoms with Gasteiger partial charge in [0.05, 0.1) is 14.2 Å². The predicted octanol–water partition coefficient (Wildman–Crippen LogP) is 2.10. The summed E-state index contributed by atoms with van der Waals surface area (Å²) in [5.74, 6) is -0.104. The minimum Gasteiger partial charge on any atom is -0.480 e. The van der Waals surface area contributed by atoms with Crippen LogP contribution in [0.4, 0.5) is 0 Å². The molecular weight excluding hydrogens is 344 g/mol. The van der Waals surface area contributed by atoms with Crippen molar-refractivity contribution in [1.29, 1.82) is 0 Å². The Bertz CT molecular complexity index is 553. The van der Waals surface area contributed by atoms with Crippen LogP contribution in [0.5, 0.6) is 17.8 Å². The molecule has 7 nitrogen and oxygen atoms in total. The van der Waals surface area contributed by atoms with Crippen molar-refractivity contribution in [2.75, 3.05) is 14.2 Å². The van der Waals surface area contributed by atoms with E-state index in [-0.39, 0.29) is 35.6 Å². The van der Waals surface area contributed by atoms with Crippen molar-refractivity contribution in [1.82, 2.24) is 9.97 Å². The van der Waals surface area contributed by atoms with Crippen LogP contribution in [-0.4, -0.2) is 36.3 Å². The van der Waals surface area contributed by atoms with Gasteiger partial charge in [-0.3, -0.25) is 4.79 Å². The smallest absolute Gasteiger partial charge is 0.328 e. The van der Waals surface area contributed by atoms with Crippen molar-refractivity contribution in [2.24, 2.45) is 5.92 Å². The van der Waals surface area contributed by atoms with Crippen LogP contribution in [0.25, 0.3) is 0 Å². The highest BCUT2D eigenvalue weighted by Gasteiger charge is 2.44. The van der Waals surface area contributed by atoms with Crippen LogP contribution in [0.15, 0.2) is 16.8 Å². The van der Waals surface area contributed by atoms with E-state index in [1.165, 1.54) is 14.2 Å². The summed E-state index contributed by atoms with van der Waals surface area (Å²) in [4.78, 5) is 19.6. The Kier molecular flexibility index (Phi) is 4.66. The topological polar surface area (TPSA) is 79.8 Å². The van der Waals surface area contributed by atoms with E-state index >= 15 is 0 Å². The zero-order valence-electron chi connectivity index (χ0n) is 11.9. The van der Waals surface area contributed by atoms with Gasteiger partial charge < -0.3 is 18.9 Å². The van der Waals surface area contributed by atoms with E-state index in [1.807, 2.05) is 6.92 Å². The molecule has 0 spiro atoms. The van der Waals surface area contributed by atoms with Gasteiger partial charge in [0.15, 0.2) is 5.92 Å². The summed E-state index contributed by atoms with van der Waals surface area (Å²) in [7, 11) is 2.92. The quantitative estimate of drug-likeness (QED) is 0.568. The summed E-state index contributed by atoms with van der Waals surface area (Å²) in [5.41, 5.74) is 0. The maximum absolute atomic E-state index is 11.5. The fourth-order valence-electron chi connectivity index (χ4n) is 1.91. The number of carbonyl (C=O) groups is 1. The lowest BCUT2D eigenvalue weighted by Crippen LogP contribution is -2.46. The number of hydrogen-bond acceptors (Lipinski definition) is 7. The van der Waals surface area contributed by atoms with E-state index in [4.69, 9.17) is 18.9 Å². The number of esters is 1. The molecule has 0 saturated carbocycles. The molecule has 0 radical (unpaired) electrons. The lowest BCUT2D eigenvalue weighted by atomic mass is 9.93. The van der Waals surface area contributed by atoms with Crippen molar-refractivity contribution in [3.8, 4) is 17.8 Å². The first kappa shape index (κ1) is 15.6. The number of methoxy groups -OCH3 is 2. The highest BCUT2D eigenvalue weighted by Crippen LogP contribution is 2.35. The lowest BCUT2D eigenvalue weighted by molar-refractivity contribution is -0.182. The predicted molar refractivity (Wildman–Crippen MR) is 76.3 cm³/mol. The minimum atomic E-state index is -0.501. The Balaban J connectivity index is 2.19. The SMILES string of the molecule is C=C(Oc1nc(OC)c(Br)c(OC)n1)C1C(=O)OC1CC. The molecule has 2 atom stereocenters. The Labute approximate surface area is 130 Å². The number of cyclic esters (lactones) is 1. The van der Waals surface area contributed by atoms with Crippen molar-refractivity contribution < 1.29 is 23.7 Å². The Morgan fingerprint density at radius 1 is 1.33 bits per heavy atom. The molecule has 0 bridgehead atoms. The summed E-state index contributed by atoms with van der Waals surface area (Å²) < 4.78 is 21.1. The van der Waals surface area contributed by atoms with E-state index in [1.54, 1.807) is 0 Å². The molecule has 1 aromatic rings. The van der Waals surface area contributed by atoms with E-state index < -0.39 is 5.92 Å². The average molecular weight is 359 g/mol. The second-order valence-electron chi connectivity index (χ2n) is 4.27. The van der Waals surface area contributed by atoms with Gasteiger partial charge in [-0.1, -0.05) is 13.5 Å². The number of halogens is 1. The number of nitrogens with zero attached hydrogens (tertiary/aromatic N) is 2. The van der Waals surface area contributed by atoms with E-state index in [9.17, 15) is 4.79 Å². The molecule has 0 aliphatic carbocycles. The number of aromatic nitrogens is 2. The van der Waals surface area contributed by atoms with Gasteiger partial charge in [0.1, 0.15) is 16.3 Å². The molecule has 8 heteroatoms. The molecule has 1 aliphatic heterocycles. The number of rotatable bonds is 6. The van der Waals surface area contributed by atoms with Crippen LogP contribution in [0, 0.1) is 5.92 Å². The fraction of sp³-hybridized carbons (Fsp3) is 0.462. The van der Waals surface area contributed by atoms with Crippen molar-refractivity contribution in [2.45, 2.75) is 19.4 Å². The third-order valence-corrected chi connectivity index (χ3v) is 3.70. The first-order chi connectivity index (χ1) is 10.0. The maximum atomic E-state index is 11.5. The molecule has 0 N–H and O–H groups in total. The lowest BCUT2D eigenvalue weighted by Gasteiger charge is -2.34. The zero-order chi connectivity index (χ0) is 15.6. The van der Waals surface area contributed by atoms with Crippen molar-refractivity contribution in [3.05, 3.63) is 16.8 Å². The van der Waals surface area contributed by atoms with E-state index in [0.717, 1.165) is 0 Å². The molecule has 114 valence electrons. The Morgan fingerprint density at radius 2 is 1.90 bits per heavy atom. The number of hydrogen-bond donors (Lipinski definition) is 0. The third kappa shape index (κ3) is 2.94. The minimum absolute atomic E-state index is 0.00791. The third-order valence-electron chi connectivity index (χ3n) is 3.02. The molecule has 2 unspecified atom stereocenters. The normalized spacial score (nSPS) is 20.3.